The minimum Gasteiger partial charge on any atom is -0.192 e. The van der Waals surface area contributed by atoms with Gasteiger partial charge in [-0.25, -0.2) is 0 Å². The highest BCUT2D eigenvalue weighted by molar-refractivity contribution is 5.87. The topological polar surface area (TPSA) is 23.8 Å². The zero-order valence-corrected chi connectivity index (χ0v) is 6.41. The Morgan fingerprint density at radius 2 is 2.00 bits per heavy atom. The first-order valence-corrected chi connectivity index (χ1v) is 3.71. The van der Waals surface area contributed by atoms with E-state index in [1.165, 1.54) is 0 Å². The van der Waals surface area contributed by atoms with Crippen molar-refractivity contribution in [3.8, 4) is 6.07 Å². The van der Waals surface area contributed by atoms with Crippen molar-refractivity contribution in [3.63, 3.8) is 0 Å². The van der Waals surface area contributed by atoms with Crippen molar-refractivity contribution in [2.45, 2.75) is 0 Å². The summed E-state index contributed by atoms with van der Waals surface area (Å²) in [7, 11) is 0. The van der Waals surface area contributed by atoms with Gasteiger partial charge in [0.2, 0.25) is 0 Å². The summed E-state index contributed by atoms with van der Waals surface area (Å²) in [6.07, 6.45) is 0. The maximum atomic E-state index is 8.75. The van der Waals surface area contributed by atoms with Gasteiger partial charge in [-0.15, -0.1) is 0 Å². The van der Waals surface area contributed by atoms with Crippen LogP contribution in [-0.4, -0.2) is 0 Å². The van der Waals surface area contributed by atoms with Crippen molar-refractivity contribution in [1.82, 2.24) is 0 Å². The number of benzene rings is 2. The number of rotatable bonds is 0. The van der Waals surface area contributed by atoms with Crippen LogP contribution < -0.4 is 0 Å². The minimum absolute atomic E-state index is 0.619. The molecule has 0 spiro atoms. The van der Waals surface area contributed by atoms with Crippen LogP contribution in [0.5, 0.6) is 0 Å². The molecule has 0 aromatic heterocycles. The summed E-state index contributed by atoms with van der Waals surface area (Å²) in [5, 5.41) is 10.8. The van der Waals surface area contributed by atoms with Crippen molar-refractivity contribution >= 4 is 10.8 Å². The highest BCUT2D eigenvalue weighted by atomic mass is 14.2. The standard InChI is InChI=1S/C11H6N/c12-8-10-6-3-5-9-4-1-2-7-11(9)10/h1-5,7H. The lowest BCUT2D eigenvalue weighted by atomic mass is 10.1. The first-order valence-electron chi connectivity index (χ1n) is 3.71. The van der Waals surface area contributed by atoms with Gasteiger partial charge < -0.3 is 0 Å². The first-order chi connectivity index (χ1) is 5.92. The third kappa shape index (κ3) is 0.943. The summed E-state index contributed by atoms with van der Waals surface area (Å²) in [6.45, 7) is 0. The van der Waals surface area contributed by atoms with E-state index in [0.717, 1.165) is 10.8 Å². The second-order valence-corrected chi connectivity index (χ2v) is 2.55. The fourth-order valence-electron chi connectivity index (χ4n) is 1.26. The minimum atomic E-state index is 0.619. The van der Waals surface area contributed by atoms with Crippen LogP contribution in [0.15, 0.2) is 36.4 Å². The number of hydrogen-bond donors (Lipinski definition) is 0. The van der Waals surface area contributed by atoms with Gasteiger partial charge in [-0.2, -0.15) is 5.26 Å². The smallest absolute Gasteiger partial charge is 0.100 e. The summed E-state index contributed by atoms with van der Waals surface area (Å²) in [5.74, 6) is 0. The third-order valence-electron chi connectivity index (χ3n) is 1.83. The van der Waals surface area contributed by atoms with Gasteiger partial charge in [-0.05, 0) is 5.39 Å². The van der Waals surface area contributed by atoms with Crippen LogP contribution in [0.25, 0.3) is 10.8 Å². The summed E-state index contributed by atoms with van der Waals surface area (Å²) < 4.78 is 0. The maximum Gasteiger partial charge on any atom is 0.100 e. The number of fused-ring (bicyclic) bond motifs is 1. The number of hydrogen-bond acceptors (Lipinski definition) is 1. The Hall–Kier alpha value is -1.81. The normalized spacial score (nSPS) is 9.58. The molecule has 0 aliphatic heterocycles. The number of nitriles is 1. The Kier molecular flexibility index (Phi) is 1.53. The van der Waals surface area contributed by atoms with Crippen LogP contribution in [0.4, 0.5) is 0 Å². The average Bonchev–Trinajstić information content (AvgIpc) is 2.17. The first kappa shape index (κ1) is 6.87. The third-order valence-corrected chi connectivity index (χ3v) is 1.83. The molecule has 2 aromatic carbocycles. The van der Waals surface area contributed by atoms with Crippen LogP contribution in [0.1, 0.15) is 5.56 Å². The van der Waals surface area contributed by atoms with Crippen LogP contribution in [0.2, 0.25) is 0 Å². The molecular formula is C11H6N. The molecule has 12 heavy (non-hydrogen) atoms. The molecule has 1 heteroatoms. The van der Waals surface area contributed by atoms with Crippen molar-refractivity contribution < 1.29 is 0 Å². The fraction of sp³-hybridized carbons (Fsp3) is 0. The second kappa shape index (κ2) is 2.67. The van der Waals surface area contributed by atoms with Crippen LogP contribution in [0.3, 0.4) is 0 Å². The predicted molar refractivity (Wildman–Crippen MR) is 47.5 cm³/mol. The van der Waals surface area contributed by atoms with E-state index in [9.17, 15) is 0 Å². The van der Waals surface area contributed by atoms with Crippen LogP contribution in [-0.2, 0) is 0 Å². The molecule has 2 aromatic rings. The zero-order chi connectivity index (χ0) is 8.39. The molecule has 0 saturated carbocycles. The molecule has 1 radical (unpaired) electrons. The molecule has 0 unspecified atom stereocenters. The Balaban J connectivity index is 2.91. The molecule has 0 fully saturated rings. The van der Waals surface area contributed by atoms with Gasteiger partial charge >= 0.3 is 0 Å². The summed E-state index contributed by atoms with van der Waals surface area (Å²) in [6, 6.07) is 16.6. The highest BCUT2D eigenvalue weighted by Crippen LogP contribution is 2.16. The predicted octanol–water partition coefficient (Wildman–Crippen LogP) is 2.51. The van der Waals surface area contributed by atoms with Crippen molar-refractivity contribution in [3.05, 3.63) is 48.0 Å². The van der Waals surface area contributed by atoms with E-state index in [2.05, 4.69) is 12.1 Å². The lowest BCUT2D eigenvalue weighted by molar-refractivity contribution is 1.50. The molecule has 0 heterocycles. The second-order valence-electron chi connectivity index (χ2n) is 2.55. The molecule has 0 bridgehead atoms. The maximum absolute atomic E-state index is 8.75. The Morgan fingerprint density at radius 3 is 2.83 bits per heavy atom. The molecule has 0 saturated heterocycles. The zero-order valence-electron chi connectivity index (χ0n) is 6.41. The molecule has 0 aliphatic carbocycles. The van der Waals surface area contributed by atoms with E-state index >= 15 is 0 Å². The Labute approximate surface area is 70.9 Å². The summed E-state index contributed by atoms with van der Waals surface area (Å²) >= 11 is 0. The Morgan fingerprint density at radius 1 is 1.17 bits per heavy atom. The van der Waals surface area contributed by atoms with E-state index in [1.807, 2.05) is 30.3 Å². The van der Waals surface area contributed by atoms with E-state index in [0.29, 0.717) is 5.56 Å². The monoisotopic (exact) mass is 152 g/mol. The van der Waals surface area contributed by atoms with E-state index in [-0.39, 0.29) is 0 Å². The summed E-state index contributed by atoms with van der Waals surface area (Å²) in [4.78, 5) is 0. The highest BCUT2D eigenvalue weighted by Gasteiger charge is 1.96. The van der Waals surface area contributed by atoms with Gasteiger partial charge in [-0.3, -0.25) is 0 Å². The lowest BCUT2D eigenvalue weighted by Gasteiger charge is -1.96. The lowest BCUT2D eigenvalue weighted by Crippen LogP contribution is -1.77. The van der Waals surface area contributed by atoms with Crippen LogP contribution >= 0.6 is 0 Å². The molecule has 0 N–H and O–H groups in total. The van der Waals surface area contributed by atoms with Gasteiger partial charge in [0.1, 0.15) is 6.07 Å². The van der Waals surface area contributed by atoms with Crippen molar-refractivity contribution in [2.75, 3.05) is 0 Å². The molecular weight excluding hydrogens is 146 g/mol. The molecule has 55 valence electrons. The molecule has 1 nitrogen and oxygen atoms in total. The van der Waals surface area contributed by atoms with Gasteiger partial charge in [0, 0.05) is 11.5 Å². The van der Waals surface area contributed by atoms with E-state index in [4.69, 9.17) is 5.26 Å². The van der Waals surface area contributed by atoms with Gasteiger partial charge in [0.25, 0.3) is 0 Å². The van der Waals surface area contributed by atoms with Crippen molar-refractivity contribution in [1.29, 1.82) is 5.26 Å². The van der Waals surface area contributed by atoms with E-state index in [1.54, 1.807) is 6.07 Å². The average molecular weight is 152 g/mol. The Bertz CT molecular complexity index is 447. The van der Waals surface area contributed by atoms with Gasteiger partial charge in [0.15, 0.2) is 0 Å². The van der Waals surface area contributed by atoms with Crippen LogP contribution in [0, 0.1) is 17.4 Å². The molecule has 0 aliphatic rings. The largest absolute Gasteiger partial charge is 0.192 e. The van der Waals surface area contributed by atoms with Gasteiger partial charge in [-0.1, -0.05) is 36.4 Å². The quantitative estimate of drug-likeness (QED) is 0.569. The fourth-order valence-corrected chi connectivity index (χ4v) is 1.26. The molecule has 0 amide bonds. The van der Waals surface area contributed by atoms with Crippen molar-refractivity contribution in [2.24, 2.45) is 0 Å². The summed E-state index contributed by atoms with van der Waals surface area (Å²) in [5.41, 5.74) is 0.619. The molecule has 2 rings (SSSR count). The SMILES string of the molecule is N#Cc1[c]ccc2ccccc12. The number of nitrogens with zero attached hydrogens (tertiary/aromatic N) is 1. The van der Waals surface area contributed by atoms with Gasteiger partial charge in [0.05, 0.1) is 5.56 Å². The van der Waals surface area contributed by atoms with E-state index < -0.39 is 0 Å². The molecule has 0 atom stereocenters.